The van der Waals surface area contributed by atoms with E-state index in [4.69, 9.17) is 0 Å². The smallest absolute Gasteiger partial charge is 0.262 e. The molecule has 0 aliphatic carbocycles. The molecule has 7 heteroatoms. The Hall–Kier alpha value is -3.45. The first-order valence-electron chi connectivity index (χ1n) is 9.90. The zero-order chi connectivity index (χ0) is 21.8. The van der Waals surface area contributed by atoms with Crippen molar-refractivity contribution in [3.63, 3.8) is 0 Å². The van der Waals surface area contributed by atoms with E-state index in [2.05, 4.69) is 15.3 Å². The summed E-state index contributed by atoms with van der Waals surface area (Å²) in [5.41, 5.74) is 4.33. The van der Waals surface area contributed by atoms with Gasteiger partial charge in [0.2, 0.25) is 5.91 Å². The number of thioether (sulfide) groups is 1. The second-order valence-corrected chi connectivity index (χ2v) is 8.19. The molecule has 0 radical (unpaired) electrons. The maximum Gasteiger partial charge on any atom is 0.262 e. The molecule has 0 aliphatic rings. The van der Waals surface area contributed by atoms with Crippen LogP contribution in [0.5, 0.6) is 0 Å². The highest BCUT2D eigenvalue weighted by atomic mass is 32.2. The number of nitrogens with one attached hydrogen (secondary N) is 1. The van der Waals surface area contributed by atoms with Crippen molar-refractivity contribution in [3.8, 4) is 0 Å². The number of pyridine rings is 1. The summed E-state index contributed by atoms with van der Waals surface area (Å²) in [6.07, 6.45) is 3.42. The molecule has 31 heavy (non-hydrogen) atoms. The summed E-state index contributed by atoms with van der Waals surface area (Å²) in [5, 5.41) is 4.01. The van der Waals surface area contributed by atoms with Crippen LogP contribution in [0.2, 0.25) is 0 Å². The standard InChI is InChI=1S/C24H22N4O2S/c1-16-7-5-11-20(17(16)2)26-22(29)15-31-24-27-21-10-4-3-9-19(21)23(30)28(24)14-18-8-6-12-25-13-18/h3-13H,14-15H2,1-2H3,(H,26,29). The van der Waals surface area contributed by atoms with Gasteiger partial charge in [0.15, 0.2) is 5.16 Å². The van der Waals surface area contributed by atoms with Gasteiger partial charge in [0.1, 0.15) is 0 Å². The molecule has 2 aromatic carbocycles. The van der Waals surface area contributed by atoms with Crippen LogP contribution in [0.25, 0.3) is 10.9 Å². The Morgan fingerprint density at radius 2 is 1.90 bits per heavy atom. The second kappa shape index (κ2) is 9.14. The Morgan fingerprint density at radius 3 is 2.71 bits per heavy atom. The van der Waals surface area contributed by atoms with Gasteiger partial charge in [0, 0.05) is 18.1 Å². The Bertz CT molecular complexity index is 1300. The number of para-hydroxylation sites is 1. The van der Waals surface area contributed by atoms with Crippen LogP contribution in [0.1, 0.15) is 16.7 Å². The number of benzene rings is 2. The van der Waals surface area contributed by atoms with E-state index in [1.165, 1.54) is 11.8 Å². The van der Waals surface area contributed by atoms with Gasteiger partial charge in [-0.2, -0.15) is 0 Å². The number of nitrogens with zero attached hydrogens (tertiary/aromatic N) is 3. The van der Waals surface area contributed by atoms with Gasteiger partial charge in [0.25, 0.3) is 5.56 Å². The topological polar surface area (TPSA) is 76.9 Å². The summed E-state index contributed by atoms with van der Waals surface area (Å²) in [4.78, 5) is 34.6. The van der Waals surface area contributed by atoms with Gasteiger partial charge in [0.05, 0.1) is 23.2 Å². The molecular formula is C24H22N4O2S. The zero-order valence-corrected chi connectivity index (χ0v) is 18.1. The lowest BCUT2D eigenvalue weighted by Gasteiger charge is -2.14. The third-order valence-corrected chi connectivity index (χ3v) is 6.08. The van der Waals surface area contributed by atoms with Crippen LogP contribution in [0, 0.1) is 13.8 Å². The monoisotopic (exact) mass is 430 g/mol. The number of anilines is 1. The van der Waals surface area contributed by atoms with Gasteiger partial charge in [-0.1, -0.05) is 42.1 Å². The summed E-state index contributed by atoms with van der Waals surface area (Å²) >= 11 is 1.25. The SMILES string of the molecule is Cc1cccc(NC(=O)CSc2nc3ccccc3c(=O)n2Cc2cccnc2)c1C. The highest BCUT2D eigenvalue weighted by Crippen LogP contribution is 2.21. The maximum absolute atomic E-state index is 13.2. The molecular weight excluding hydrogens is 408 g/mol. The van der Waals surface area contributed by atoms with E-state index in [-0.39, 0.29) is 17.2 Å². The molecule has 0 fully saturated rings. The van der Waals surface area contributed by atoms with Crippen molar-refractivity contribution in [2.24, 2.45) is 0 Å². The molecule has 0 saturated carbocycles. The molecule has 1 N–H and O–H groups in total. The normalized spacial score (nSPS) is 10.9. The number of rotatable bonds is 6. The van der Waals surface area contributed by atoms with Crippen LogP contribution in [0.3, 0.4) is 0 Å². The lowest BCUT2D eigenvalue weighted by atomic mass is 10.1. The quantitative estimate of drug-likeness (QED) is 0.367. The number of carbonyl (C=O) groups excluding carboxylic acids is 1. The number of fused-ring (bicyclic) bond motifs is 1. The van der Waals surface area contributed by atoms with Crippen LogP contribution in [-0.4, -0.2) is 26.2 Å². The van der Waals surface area contributed by atoms with Gasteiger partial charge in [-0.25, -0.2) is 4.98 Å². The van der Waals surface area contributed by atoms with Crippen LogP contribution in [-0.2, 0) is 11.3 Å². The van der Waals surface area contributed by atoms with Crippen molar-refractivity contribution in [1.82, 2.24) is 14.5 Å². The maximum atomic E-state index is 13.2. The van der Waals surface area contributed by atoms with Gasteiger partial charge in [-0.15, -0.1) is 0 Å². The number of carbonyl (C=O) groups is 1. The van der Waals surface area contributed by atoms with E-state index in [9.17, 15) is 9.59 Å². The predicted octanol–water partition coefficient (Wildman–Crippen LogP) is 4.19. The number of aromatic nitrogens is 3. The van der Waals surface area contributed by atoms with Crippen molar-refractivity contribution in [2.45, 2.75) is 25.5 Å². The predicted molar refractivity (Wildman–Crippen MR) is 125 cm³/mol. The van der Waals surface area contributed by atoms with Crippen LogP contribution >= 0.6 is 11.8 Å². The van der Waals surface area contributed by atoms with Gasteiger partial charge < -0.3 is 5.32 Å². The fraction of sp³-hybridized carbons (Fsp3) is 0.167. The van der Waals surface area contributed by atoms with Gasteiger partial charge in [-0.3, -0.25) is 19.1 Å². The molecule has 4 rings (SSSR count). The lowest BCUT2D eigenvalue weighted by molar-refractivity contribution is -0.113. The van der Waals surface area contributed by atoms with Crippen molar-refractivity contribution in [3.05, 3.63) is 94.0 Å². The van der Waals surface area contributed by atoms with Crippen molar-refractivity contribution < 1.29 is 4.79 Å². The number of hydrogen-bond acceptors (Lipinski definition) is 5. The lowest BCUT2D eigenvalue weighted by Crippen LogP contribution is -2.25. The van der Waals surface area contributed by atoms with Crippen molar-refractivity contribution in [1.29, 1.82) is 0 Å². The Labute approximate surface area is 184 Å². The van der Waals surface area contributed by atoms with Crippen LogP contribution < -0.4 is 10.9 Å². The molecule has 2 heterocycles. The van der Waals surface area contributed by atoms with E-state index < -0.39 is 0 Å². The first kappa shape index (κ1) is 20.8. The van der Waals surface area contributed by atoms with E-state index in [1.54, 1.807) is 23.0 Å². The third-order valence-electron chi connectivity index (χ3n) is 5.10. The second-order valence-electron chi connectivity index (χ2n) is 7.25. The van der Waals surface area contributed by atoms with Crippen molar-refractivity contribution in [2.75, 3.05) is 11.1 Å². The van der Waals surface area contributed by atoms with E-state index in [0.29, 0.717) is 22.6 Å². The van der Waals surface area contributed by atoms with E-state index in [1.807, 2.05) is 62.4 Å². The molecule has 0 unspecified atom stereocenters. The van der Waals surface area contributed by atoms with Gasteiger partial charge >= 0.3 is 0 Å². The minimum Gasteiger partial charge on any atom is -0.325 e. The largest absolute Gasteiger partial charge is 0.325 e. The average Bonchev–Trinajstić information content (AvgIpc) is 2.78. The Balaban J connectivity index is 1.61. The first-order valence-corrected chi connectivity index (χ1v) is 10.9. The Kier molecular flexibility index (Phi) is 6.13. The molecule has 0 spiro atoms. The first-order chi connectivity index (χ1) is 15.0. The Morgan fingerprint density at radius 1 is 1.06 bits per heavy atom. The number of aryl methyl sites for hydroxylation is 1. The summed E-state index contributed by atoms with van der Waals surface area (Å²) in [7, 11) is 0. The van der Waals surface area contributed by atoms with Gasteiger partial charge in [-0.05, 0) is 54.8 Å². The molecule has 0 atom stereocenters. The minimum absolute atomic E-state index is 0.133. The molecule has 0 bridgehead atoms. The minimum atomic E-state index is -0.144. The average molecular weight is 431 g/mol. The summed E-state index contributed by atoms with van der Waals surface area (Å²) in [6.45, 7) is 4.33. The molecule has 1 amide bonds. The number of hydrogen-bond donors (Lipinski definition) is 1. The van der Waals surface area contributed by atoms with E-state index >= 15 is 0 Å². The summed E-state index contributed by atoms with van der Waals surface area (Å²) < 4.78 is 1.61. The zero-order valence-electron chi connectivity index (χ0n) is 17.3. The third kappa shape index (κ3) is 4.67. The highest BCUT2D eigenvalue weighted by Gasteiger charge is 2.14. The molecule has 4 aromatic rings. The van der Waals surface area contributed by atoms with Crippen LogP contribution in [0.15, 0.2) is 76.9 Å². The fourth-order valence-electron chi connectivity index (χ4n) is 3.27. The molecule has 0 saturated heterocycles. The molecule has 2 aromatic heterocycles. The summed E-state index contributed by atoms with van der Waals surface area (Å²) in [5.74, 6) is -0.000362. The summed E-state index contributed by atoms with van der Waals surface area (Å²) in [6, 6.07) is 16.8. The fourth-order valence-corrected chi connectivity index (χ4v) is 4.07. The molecule has 6 nitrogen and oxygen atoms in total. The van der Waals surface area contributed by atoms with E-state index in [0.717, 1.165) is 22.4 Å². The van der Waals surface area contributed by atoms with Crippen LogP contribution in [0.4, 0.5) is 5.69 Å². The number of amides is 1. The highest BCUT2D eigenvalue weighted by molar-refractivity contribution is 7.99. The molecule has 156 valence electrons. The van der Waals surface area contributed by atoms with Crippen molar-refractivity contribution >= 4 is 34.3 Å². The molecule has 0 aliphatic heterocycles.